The zero-order valence-electron chi connectivity index (χ0n) is 8.74. The largest absolute Gasteiger partial charge is 0.374 e. The summed E-state index contributed by atoms with van der Waals surface area (Å²) < 4.78 is 6.55. The molecule has 3 heteroatoms. The molecule has 0 N–H and O–H groups in total. The predicted molar refractivity (Wildman–Crippen MR) is 71.4 cm³/mol. The van der Waals surface area contributed by atoms with Crippen LogP contribution in [0, 0.1) is 5.41 Å². The Hall–Kier alpha value is -0.420. The van der Waals surface area contributed by atoms with Gasteiger partial charge >= 0.3 is 0 Å². The highest BCUT2D eigenvalue weighted by atomic mass is 127. The van der Waals surface area contributed by atoms with Crippen molar-refractivity contribution >= 4 is 34.0 Å². The molecule has 1 fully saturated rings. The summed E-state index contributed by atoms with van der Waals surface area (Å²) in [5.74, 6) is 0. The van der Waals surface area contributed by atoms with Crippen LogP contribution < -0.4 is 0 Å². The van der Waals surface area contributed by atoms with Crippen LogP contribution in [0.3, 0.4) is 0 Å². The van der Waals surface area contributed by atoms with Crippen LogP contribution in [0.1, 0.15) is 6.92 Å². The molecular formula is C12H14INO. The second-order valence-electron chi connectivity index (χ2n) is 4.08. The smallest absolute Gasteiger partial charge is 0.0856 e. The fourth-order valence-corrected chi connectivity index (χ4v) is 2.23. The van der Waals surface area contributed by atoms with Gasteiger partial charge < -0.3 is 4.74 Å². The van der Waals surface area contributed by atoms with Gasteiger partial charge in [-0.2, -0.15) is 0 Å². The molecular weight excluding hydrogens is 301 g/mol. The molecule has 1 aliphatic rings. The van der Waals surface area contributed by atoms with Gasteiger partial charge in [-0.15, -0.1) is 0 Å². The van der Waals surface area contributed by atoms with Crippen molar-refractivity contribution in [3.8, 4) is 0 Å². The van der Waals surface area contributed by atoms with Crippen LogP contribution in [-0.2, 0) is 4.74 Å². The average Bonchev–Trinajstić information content (AvgIpc) is 2.63. The van der Waals surface area contributed by atoms with Gasteiger partial charge in [0.1, 0.15) is 0 Å². The number of rotatable bonds is 2. The highest BCUT2D eigenvalue weighted by Gasteiger charge is 2.35. The van der Waals surface area contributed by atoms with E-state index in [-0.39, 0.29) is 5.41 Å². The molecule has 1 aromatic rings. The molecule has 1 atom stereocenters. The maximum atomic E-state index is 5.50. The third kappa shape index (κ3) is 2.39. The molecule has 1 aliphatic heterocycles. The number of ether oxygens (including phenoxy) is 1. The first kappa shape index (κ1) is 11.1. The van der Waals surface area contributed by atoms with Gasteiger partial charge in [-0.3, -0.25) is 4.99 Å². The van der Waals surface area contributed by atoms with Gasteiger partial charge in [0, 0.05) is 9.84 Å². The van der Waals surface area contributed by atoms with E-state index in [0.29, 0.717) is 6.61 Å². The van der Waals surface area contributed by atoms with Crippen LogP contribution in [-0.4, -0.2) is 23.4 Å². The highest BCUT2D eigenvalue weighted by Crippen LogP contribution is 2.29. The monoisotopic (exact) mass is 315 g/mol. The minimum absolute atomic E-state index is 0.121. The Morgan fingerprint density at radius 3 is 2.80 bits per heavy atom. The van der Waals surface area contributed by atoms with Gasteiger partial charge in [-0.25, -0.2) is 0 Å². The minimum Gasteiger partial charge on any atom is -0.374 e. The molecule has 1 aromatic carbocycles. The van der Waals surface area contributed by atoms with Gasteiger partial charge in [0.25, 0.3) is 0 Å². The molecule has 1 saturated heterocycles. The van der Waals surface area contributed by atoms with E-state index in [1.165, 1.54) is 5.71 Å². The molecule has 0 radical (unpaired) electrons. The van der Waals surface area contributed by atoms with Crippen molar-refractivity contribution in [2.75, 3.05) is 17.6 Å². The lowest BCUT2D eigenvalue weighted by atomic mass is 9.91. The van der Waals surface area contributed by atoms with Crippen LogP contribution in [0.2, 0.25) is 0 Å². The molecule has 0 spiro atoms. The lowest BCUT2D eigenvalue weighted by molar-refractivity contribution is 0.169. The fraction of sp³-hybridized carbons (Fsp3) is 0.417. The molecule has 1 heterocycles. The zero-order valence-corrected chi connectivity index (χ0v) is 10.9. The van der Waals surface area contributed by atoms with E-state index >= 15 is 0 Å². The van der Waals surface area contributed by atoms with Crippen LogP contribution in [0.15, 0.2) is 35.3 Å². The number of aliphatic imine (C=N–C) groups is 1. The molecule has 0 saturated carbocycles. The Morgan fingerprint density at radius 2 is 2.13 bits per heavy atom. The number of hydrogen-bond donors (Lipinski definition) is 0. The van der Waals surface area contributed by atoms with Gasteiger partial charge in [0.2, 0.25) is 0 Å². The summed E-state index contributed by atoms with van der Waals surface area (Å²) in [6.45, 7) is 3.68. The molecule has 2 rings (SSSR count). The van der Waals surface area contributed by atoms with Crippen molar-refractivity contribution in [2.45, 2.75) is 6.92 Å². The number of nitrogens with zero attached hydrogens (tertiary/aromatic N) is 1. The van der Waals surface area contributed by atoms with E-state index in [2.05, 4.69) is 34.5 Å². The summed E-state index contributed by atoms with van der Waals surface area (Å²) in [7, 11) is 0. The fourth-order valence-electron chi connectivity index (χ4n) is 1.57. The quantitative estimate of drug-likeness (QED) is 0.606. The van der Waals surface area contributed by atoms with Gasteiger partial charge in [-0.05, 0) is 12.1 Å². The first-order valence-electron chi connectivity index (χ1n) is 5.01. The van der Waals surface area contributed by atoms with Crippen molar-refractivity contribution in [3.63, 3.8) is 0 Å². The number of halogens is 1. The van der Waals surface area contributed by atoms with Gasteiger partial charge in [0.15, 0.2) is 0 Å². The van der Waals surface area contributed by atoms with E-state index < -0.39 is 0 Å². The summed E-state index contributed by atoms with van der Waals surface area (Å²) >= 11 is 2.40. The third-order valence-electron chi connectivity index (χ3n) is 2.67. The second kappa shape index (κ2) is 4.61. The van der Waals surface area contributed by atoms with Crippen LogP contribution in [0.4, 0.5) is 5.69 Å². The number of para-hydroxylation sites is 1. The van der Waals surface area contributed by atoms with E-state index in [0.717, 1.165) is 16.7 Å². The average molecular weight is 315 g/mol. The number of benzene rings is 1. The lowest BCUT2D eigenvalue weighted by Crippen LogP contribution is -2.27. The Labute approximate surface area is 104 Å². The van der Waals surface area contributed by atoms with Crippen molar-refractivity contribution in [3.05, 3.63) is 30.3 Å². The van der Waals surface area contributed by atoms with Crippen molar-refractivity contribution in [2.24, 2.45) is 10.4 Å². The minimum atomic E-state index is 0.121. The molecule has 2 nitrogen and oxygen atoms in total. The van der Waals surface area contributed by atoms with Gasteiger partial charge in [-0.1, -0.05) is 47.7 Å². The van der Waals surface area contributed by atoms with Crippen molar-refractivity contribution < 1.29 is 4.74 Å². The standard InChI is InChI=1S/C12H14INO/c1-12(8-13)9-15-7-11(12)14-10-5-3-2-4-6-10/h2-6H,7-9H2,1H3. The maximum Gasteiger partial charge on any atom is 0.0856 e. The molecule has 0 amide bonds. The Bertz CT molecular complexity index is 363. The lowest BCUT2D eigenvalue weighted by Gasteiger charge is -2.19. The third-order valence-corrected chi connectivity index (χ3v) is 4.35. The topological polar surface area (TPSA) is 21.6 Å². The molecule has 15 heavy (non-hydrogen) atoms. The zero-order chi connectivity index (χ0) is 10.7. The number of hydrogen-bond acceptors (Lipinski definition) is 2. The molecule has 0 aromatic heterocycles. The van der Waals surface area contributed by atoms with E-state index in [1.807, 2.05) is 30.3 Å². The Kier molecular flexibility index (Phi) is 3.41. The number of alkyl halides is 1. The molecule has 80 valence electrons. The van der Waals surface area contributed by atoms with Gasteiger partial charge in [0.05, 0.1) is 24.6 Å². The summed E-state index contributed by atoms with van der Waals surface area (Å²) in [6.07, 6.45) is 0. The van der Waals surface area contributed by atoms with Crippen molar-refractivity contribution in [1.82, 2.24) is 0 Å². The Balaban J connectivity index is 2.27. The molecule has 1 unspecified atom stereocenters. The summed E-state index contributed by atoms with van der Waals surface area (Å²) in [6, 6.07) is 10.1. The van der Waals surface area contributed by atoms with Crippen LogP contribution in [0.25, 0.3) is 0 Å². The van der Waals surface area contributed by atoms with E-state index in [1.54, 1.807) is 0 Å². The van der Waals surface area contributed by atoms with E-state index in [9.17, 15) is 0 Å². The predicted octanol–water partition coefficient (Wildman–Crippen LogP) is 3.23. The van der Waals surface area contributed by atoms with E-state index in [4.69, 9.17) is 4.74 Å². The second-order valence-corrected chi connectivity index (χ2v) is 4.84. The first-order chi connectivity index (χ1) is 7.24. The highest BCUT2D eigenvalue weighted by molar-refractivity contribution is 14.1. The van der Waals surface area contributed by atoms with Crippen molar-refractivity contribution in [1.29, 1.82) is 0 Å². The maximum absolute atomic E-state index is 5.50. The summed E-state index contributed by atoms with van der Waals surface area (Å²) in [4.78, 5) is 4.67. The van der Waals surface area contributed by atoms with Crippen LogP contribution >= 0.6 is 22.6 Å². The SMILES string of the molecule is CC1(CI)COCC1=Nc1ccccc1. The Morgan fingerprint density at radius 1 is 1.40 bits per heavy atom. The molecule has 0 aliphatic carbocycles. The summed E-state index contributed by atoms with van der Waals surface area (Å²) in [5, 5.41) is 0. The first-order valence-corrected chi connectivity index (χ1v) is 6.54. The normalized spacial score (nSPS) is 28.5. The van der Waals surface area contributed by atoms with Crippen LogP contribution in [0.5, 0.6) is 0 Å². The summed E-state index contributed by atoms with van der Waals surface area (Å²) in [5.41, 5.74) is 2.31. The molecule has 0 bridgehead atoms.